The van der Waals surface area contributed by atoms with Crippen LogP contribution in [0.5, 0.6) is 11.5 Å². The highest BCUT2D eigenvalue weighted by molar-refractivity contribution is 5.94. The number of piperidine rings is 1. The van der Waals surface area contributed by atoms with Crippen LogP contribution in [0.25, 0.3) is 0 Å². The Labute approximate surface area is 146 Å². The quantitative estimate of drug-likeness (QED) is 0.883. The number of anilines is 2. The first kappa shape index (κ1) is 14.8. The summed E-state index contributed by atoms with van der Waals surface area (Å²) < 4.78 is 6.09. The minimum absolute atomic E-state index is 0.432. The second kappa shape index (κ2) is 5.49. The molecule has 0 unspecified atom stereocenters. The molecule has 3 atom stereocenters. The molecule has 25 heavy (non-hydrogen) atoms. The van der Waals surface area contributed by atoms with Gasteiger partial charge in [-0.2, -0.15) is 0 Å². The summed E-state index contributed by atoms with van der Waals surface area (Å²) in [5, 5.41) is 3.71. The summed E-state index contributed by atoms with van der Waals surface area (Å²) in [6, 6.07) is 15.3. The van der Waals surface area contributed by atoms with Crippen molar-refractivity contribution in [2.24, 2.45) is 5.73 Å². The standard InChI is InChI=1S/C20H21N3O2/c21-20(24)12-5-8-17-19(9-12)25-18-4-2-1-3-16(18)23(17)15-10-13-6-7-14(11-15)22-13/h1-5,8-9,13-15,22H,6-7,10-11H2,(H2,21,24)/t13-,14+,15+. The van der Waals surface area contributed by atoms with Crippen LogP contribution in [0.1, 0.15) is 36.0 Å². The van der Waals surface area contributed by atoms with Crippen LogP contribution >= 0.6 is 0 Å². The summed E-state index contributed by atoms with van der Waals surface area (Å²) >= 11 is 0. The lowest BCUT2D eigenvalue weighted by atomic mass is 9.95. The van der Waals surface area contributed by atoms with E-state index in [0.717, 1.165) is 30.0 Å². The monoisotopic (exact) mass is 335 g/mol. The van der Waals surface area contributed by atoms with Crippen LogP contribution in [-0.2, 0) is 0 Å². The number of hydrogen-bond acceptors (Lipinski definition) is 4. The summed E-state index contributed by atoms with van der Waals surface area (Å²) in [5.74, 6) is 1.11. The zero-order valence-corrected chi connectivity index (χ0v) is 13.9. The molecule has 2 aromatic carbocycles. The zero-order chi connectivity index (χ0) is 17.0. The number of fused-ring (bicyclic) bond motifs is 4. The Morgan fingerprint density at radius 2 is 1.76 bits per heavy atom. The second-order valence-corrected chi connectivity index (χ2v) is 7.25. The van der Waals surface area contributed by atoms with Gasteiger partial charge in [0.2, 0.25) is 5.91 Å². The fraction of sp³-hybridized carbons (Fsp3) is 0.350. The molecule has 3 N–H and O–H groups in total. The number of benzene rings is 2. The van der Waals surface area contributed by atoms with Crippen molar-refractivity contribution in [3.05, 3.63) is 48.0 Å². The van der Waals surface area contributed by atoms with E-state index < -0.39 is 5.91 Å². The first-order valence-corrected chi connectivity index (χ1v) is 8.95. The topological polar surface area (TPSA) is 67.6 Å². The first-order valence-electron chi connectivity index (χ1n) is 8.95. The van der Waals surface area contributed by atoms with Crippen molar-refractivity contribution in [3.8, 4) is 11.5 Å². The molecule has 0 spiro atoms. The van der Waals surface area contributed by atoms with E-state index in [9.17, 15) is 4.79 Å². The Bertz CT molecular complexity index is 839. The molecule has 5 heteroatoms. The normalized spacial score (nSPS) is 26.6. The van der Waals surface area contributed by atoms with E-state index >= 15 is 0 Å². The summed E-state index contributed by atoms with van der Waals surface area (Å²) in [4.78, 5) is 14.0. The van der Waals surface area contributed by atoms with Crippen LogP contribution in [0, 0.1) is 0 Å². The third-order valence-electron chi connectivity index (χ3n) is 5.66. The number of carbonyl (C=O) groups is 1. The molecule has 3 aliphatic rings. The lowest BCUT2D eigenvalue weighted by Gasteiger charge is -2.42. The summed E-state index contributed by atoms with van der Waals surface area (Å²) in [6.07, 6.45) is 4.78. The lowest BCUT2D eigenvalue weighted by molar-refractivity contribution is 0.1000. The molecule has 2 aromatic rings. The van der Waals surface area contributed by atoms with Crippen molar-refractivity contribution in [2.45, 2.75) is 43.8 Å². The van der Waals surface area contributed by atoms with Crippen LogP contribution in [0.3, 0.4) is 0 Å². The molecule has 128 valence electrons. The number of nitrogens with two attached hydrogens (primary N) is 1. The highest BCUT2D eigenvalue weighted by Crippen LogP contribution is 2.49. The average molecular weight is 335 g/mol. The van der Waals surface area contributed by atoms with Crippen LogP contribution in [0.2, 0.25) is 0 Å². The second-order valence-electron chi connectivity index (χ2n) is 7.25. The molecular formula is C20H21N3O2. The molecule has 0 saturated carbocycles. The number of para-hydroxylation sites is 2. The van der Waals surface area contributed by atoms with Crippen molar-refractivity contribution in [2.75, 3.05) is 4.90 Å². The smallest absolute Gasteiger partial charge is 0.248 e. The van der Waals surface area contributed by atoms with Crippen LogP contribution in [0.15, 0.2) is 42.5 Å². The van der Waals surface area contributed by atoms with E-state index in [4.69, 9.17) is 10.5 Å². The lowest BCUT2D eigenvalue weighted by Crippen LogP contribution is -2.47. The summed E-state index contributed by atoms with van der Waals surface area (Å²) in [7, 11) is 0. The molecule has 2 fully saturated rings. The highest BCUT2D eigenvalue weighted by Gasteiger charge is 2.39. The van der Waals surface area contributed by atoms with Gasteiger partial charge in [0.15, 0.2) is 11.5 Å². The van der Waals surface area contributed by atoms with Gasteiger partial charge in [0.25, 0.3) is 0 Å². The number of carbonyl (C=O) groups excluding carboxylic acids is 1. The van der Waals surface area contributed by atoms with E-state index in [-0.39, 0.29) is 0 Å². The maximum atomic E-state index is 11.6. The van der Waals surface area contributed by atoms with E-state index in [0.29, 0.717) is 29.4 Å². The average Bonchev–Trinajstić information content (AvgIpc) is 2.97. The van der Waals surface area contributed by atoms with Crippen molar-refractivity contribution in [3.63, 3.8) is 0 Å². The Morgan fingerprint density at radius 1 is 1.04 bits per heavy atom. The molecule has 5 nitrogen and oxygen atoms in total. The number of hydrogen-bond donors (Lipinski definition) is 2. The minimum Gasteiger partial charge on any atom is -0.453 e. The van der Waals surface area contributed by atoms with E-state index in [1.165, 1.54) is 12.8 Å². The molecule has 3 heterocycles. The molecule has 3 aliphatic heterocycles. The Hall–Kier alpha value is -2.53. The fourth-order valence-electron chi connectivity index (χ4n) is 4.57. The molecule has 5 rings (SSSR count). The van der Waals surface area contributed by atoms with Gasteiger partial charge in [-0.05, 0) is 56.0 Å². The van der Waals surface area contributed by atoms with Gasteiger partial charge in [-0.25, -0.2) is 0 Å². The first-order chi connectivity index (χ1) is 12.2. The van der Waals surface area contributed by atoms with E-state index in [1.807, 2.05) is 24.3 Å². The van der Waals surface area contributed by atoms with Crippen molar-refractivity contribution in [1.29, 1.82) is 0 Å². The number of nitrogens with zero attached hydrogens (tertiary/aromatic N) is 1. The Balaban J connectivity index is 1.61. The van der Waals surface area contributed by atoms with Gasteiger partial charge in [-0.1, -0.05) is 12.1 Å². The van der Waals surface area contributed by atoms with Gasteiger partial charge < -0.3 is 20.7 Å². The maximum Gasteiger partial charge on any atom is 0.248 e. The van der Waals surface area contributed by atoms with Crippen molar-refractivity contribution < 1.29 is 9.53 Å². The highest BCUT2D eigenvalue weighted by atomic mass is 16.5. The van der Waals surface area contributed by atoms with Gasteiger partial charge in [0.1, 0.15) is 0 Å². The number of amides is 1. The van der Waals surface area contributed by atoms with Crippen molar-refractivity contribution in [1.82, 2.24) is 5.32 Å². The predicted octanol–water partition coefficient (Wildman–Crippen LogP) is 3.31. The van der Waals surface area contributed by atoms with Gasteiger partial charge in [-0.15, -0.1) is 0 Å². The minimum atomic E-state index is -0.434. The van der Waals surface area contributed by atoms with E-state index in [1.54, 1.807) is 12.1 Å². The largest absolute Gasteiger partial charge is 0.453 e. The molecule has 0 radical (unpaired) electrons. The Morgan fingerprint density at radius 3 is 2.52 bits per heavy atom. The summed E-state index contributed by atoms with van der Waals surface area (Å²) in [6.45, 7) is 0. The molecule has 2 bridgehead atoms. The van der Waals surface area contributed by atoms with Gasteiger partial charge in [0.05, 0.1) is 11.4 Å². The number of ether oxygens (including phenoxy) is 1. The number of nitrogens with one attached hydrogen (secondary N) is 1. The van der Waals surface area contributed by atoms with Gasteiger partial charge in [-0.3, -0.25) is 4.79 Å². The van der Waals surface area contributed by atoms with E-state index in [2.05, 4.69) is 16.3 Å². The zero-order valence-electron chi connectivity index (χ0n) is 13.9. The molecular weight excluding hydrogens is 314 g/mol. The SMILES string of the molecule is NC(=O)c1ccc2c(c1)Oc1ccccc1N2[C@H]1C[C@H]2CC[C@@H](C1)N2. The van der Waals surface area contributed by atoms with Gasteiger partial charge >= 0.3 is 0 Å². The van der Waals surface area contributed by atoms with Crippen LogP contribution in [0.4, 0.5) is 11.4 Å². The Kier molecular flexibility index (Phi) is 3.25. The predicted molar refractivity (Wildman–Crippen MR) is 96.6 cm³/mol. The number of primary amides is 1. The van der Waals surface area contributed by atoms with Gasteiger partial charge in [0, 0.05) is 23.7 Å². The molecule has 0 aliphatic carbocycles. The molecule has 2 saturated heterocycles. The fourth-order valence-corrected chi connectivity index (χ4v) is 4.57. The third-order valence-corrected chi connectivity index (χ3v) is 5.66. The number of rotatable bonds is 2. The van der Waals surface area contributed by atoms with Crippen LogP contribution < -0.4 is 20.7 Å². The molecule has 0 aromatic heterocycles. The third kappa shape index (κ3) is 2.38. The summed E-state index contributed by atoms with van der Waals surface area (Å²) in [5.41, 5.74) is 8.05. The maximum absolute atomic E-state index is 11.6. The van der Waals surface area contributed by atoms with Crippen molar-refractivity contribution >= 4 is 17.3 Å². The molecule has 1 amide bonds. The van der Waals surface area contributed by atoms with Crippen LogP contribution in [-0.4, -0.2) is 24.0 Å².